The number of hydrogen-bond donors (Lipinski definition) is 2. The molecular formula is C19H17F6N9. The highest BCUT2D eigenvalue weighted by atomic mass is 19.4. The molecule has 4 aromatic heterocycles. The van der Waals surface area contributed by atoms with Crippen molar-refractivity contribution in [2.75, 3.05) is 10.6 Å². The minimum Gasteiger partial charge on any atom is -0.324 e. The van der Waals surface area contributed by atoms with Gasteiger partial charge in [-0.3, -0.25) is 9.67 Å². The van der Waals surface area contributed by atoms with Gasteiger partial charge in [-0.1, -0.05) is 6.07 Å². The number of rotatable bonds is 5. The smallest absolute Gasteiger partial charge is 0.324 e. The molecule has 180 valence electrons. The van der Waals surface area contributed by atoms with Crippen molar-refractivity contribution < 1.29 is 29.2 Å². The third-order valence-corrected chi connectivity index (χ3v) is 4.27. The standard InChI is InChI=1S/C19H13F6N9.2H2/c1-34-14(6-8-27-34)30-17-32-15(11-3-2-4-12(29-11)18(20,21)22)31-16(33-17)28-10-5-7-26-13(9-10)19(23,24)25;;/h2-9H,1H3,(H2,26,28,30,31,32,33);2*1H. The summed E-state index contributed by atoms with van der Waals surface area (Å²) in [5, 5.41) is 9.39. The summed E-state index contributed by atoms with van der Waals surface area (Å²) >= 11 is 0. The fourth-order valence-electron chi connectivity index (χ4n) is 2.72. The quantitative estimate of drug-likeness (QED) is 0.377. The van der Waals surface area contributed by atoms with E-state index in [1.807, 2.05) is 0 Å². The normalized spacial score (nSPS) is 12.0. The second-order valence-electron chi connectivity index (χ2n) is 6.73. The Balaban J connectivity index is 0.00000228. The van der Waals surface area contributed by atoms with Crippen LogP contribution in [0.25, 0.3) is 11.5 Å². The van der Waals surface area contributed by atoms with Gasteiger partial charge >= 0.3 is 12.4 Å². The summed E-state index contributed by atoms with van der Waals surface area (Å²) in [6.07, 6.45) is -6.97. The van der Waals surface area contributed by atoms with E-state index in [0.29, 0.717) is 5.82 Å². The van der Waals surface area contributed by atoms with E-state index in [1.54, 1.807) is 13.1 Å². The Labute approximate surface area is 189 Å². The molecule has 34 heavy (non-hydrogen) atoms. The SMILES string of the molecule is Cn1nccc1Nc1nc(Nc2ccnc(C(F)(F)F)c2)nc(-c2cccc(C(F)(F)F)n2)n1.[HH].[HH]. The maximum atomic E-state index is 13.1. The van der Waals surface area contributed by atoms with E-state index in [9.17, 15) is 26.3 Å². The number of aromatic nitrogens is 7. The van der Waals surface area contributed by atoms with E-state index in [4.69, 9.17) is 0 Å². The molecule has 0 aliphatic carbocycles. The van der Waals surface area contributed by atoms with Crippen LogP contribution in [-0.4, -0.2) is 34.7 Å². The monoisotopic (exact) mass is 485 g/mol. The molecule has 0 aliphatic heterocycles. The number of aryl methyl sites for hydroxylation is 1. The Morgan fingerprint density at radius 2 is 1.50 bits per heavy atom. The molecule has 0 unspecified atom stereocenters. The van der Waals surface area contributed by atoms with Crippen molar-refractivity contribution in [2.45, 2.75) is 12.4 Å². The maximum absolute atomic E-state index is 13.1. The Morgan fingerprint density at radius 1 is 0.794 bits per heavy atom. The highest BCUT2D eigenvalue weighted by Crippen LogP contribution is 2.31. The molecule has 4 rings (SSSR count). The predicted molar refractivity (Wildman–Crippen MR) is 111 cm³/mol. The summed E-state index contributed by atoms with van der Waals surface area (Å²) in [5.41, 5.74) is -2.59. The molecule has 0 saturated carbocycles. The summed E-state index contributed by atoms with van der Waals surface area (Å²) in [6.45, 7) is 0. The molecular weight excluding hydrogens is 468 g/mol. The highest BCUT2D eigenvalue weighted by Gasteiger charge is 2.33. The summed E-state index contributed by atoms with van der Waals surface area (Å²) < 4.78 is 79.7. The molecule has 9 nitrogen and oxygen atoms in total. The Hall–Kier alpha value is -4.30. The van der Waals surface area contributed by atoms with Crippen LogP contribution in [0.1, 0.15) is 14.2 Å². The van der Waals surface area contributed by atoms with Gasteiger partial charge in [0, 0.05) is 27.9 Å². The summed E-state index contributed by atoms with van der Waals surface area (Å²) in [5.74, 6) is -0.171. The first kappa shape index (κ1) is 22.9. The second kappa shape index (κ2) is 8.57. The Morgan fingerprint density at radius 3 is 2.15 bits per heavy atom. The van der Waals surface area contributed by atoms with Crippen molar-refractivity contribution in [3.05, 3.63) is 60.2 Å². The van der Waals surface area contributed by atoms with Crippen LogP contribution < -0.4 is 10.6 Å². The molecule has 0 spiro atoms. The first-order valence-electron chi connectivity index (χ1n) is 9.35. The Kier molecular flexibility index (Phi) is 5.76. The molecule has 2 N–H and O–H groups in total. The average molecular weight is 485 g/mol. The molecule has 0 amide bonds. The first-order valence-corrected chi connectivity index (χ1v) is 9.35. The third-order valence-electron chi connectivity index (χ3n) is 4.27. The molecule has 0 radical (unpaired) electrons. The van der Waals surface area contributed by atoms with Gasteiger partial charge in [-0.25, -0.2) is 4.98 Å². The zero-order valence-electron chi connectivity index (χ0n) is 17.0. The molecule has 0 aromatic carbocycles. The van der Waals surface area contributed by atoms with Crippen LogP contribution in [0, 0.1) is 0 Å². The number of hydrogen-bond acceptors (Lipinski definition) is 8. The summed E-state index contributed by atoms with van der Waals surface area (Å²) in [4.78, 5) is 19.1. The van der Waals surface area contributed by atoms with E-state index < -0.39 is 23.7 Å². The van der Waals surface area contributed by atoms with Gasteiger partial charge in [0.05, 0.1) is 6.20 Å². The van der Waals surface area contributed by atoms with Gasteiger partial charge in [0.2, 0.25) is 11.9 Å². The lowest BCUT2D eigenvalue weighted by molar-refractivity contribution is -0.141. The largest absolute Gasteiger partial charge is 0.433 e. The molecule has 0 aliphatic rings. The molecule has 4 aromatic rings. The number of nitrogens with zero attached hydrogens (tertiary/aromatic N) is 7. The van der Waals surface area contributed by atoms with Crippen LogP contribution in [0.3, 0.4) is 0 Å². The lowest BCUT2D eigenvalue weighted by Gasteiger charge is -2.12. The van der Waals surface area contributed by atoms with Crippen molar-refractivity contribution in [2.24, 2.45) is 7.05 Å². The van der Waals surface area contributed by atoms with E-state index in [1.165, 1.54) is 23.0 Å². The van der Waals surface area contributed by atoms with Gasteiger partial charge in [-0.2, -0.15) is 46.4 Å². The van der Waals surface area contributed by atoms with Gasteiger partial charge in [-0.15, -0.1) is 0 Å². The van der Waals surface area contributed by atoms with Crippen molar-refractivity contribution in [1.82, 2.24) is 34.7 Å². The number of halogens is 6. The lowest BCUT2D eigenvalue weighted by Crippen LogP contribution is -2.11. The van der Waals surface area contributed by atoms with Crippen LogP contribution in [-0.2, 0) is 19.4 Å². The van der Waals surface area contributed by atoms with Crippen molar-refractivity contribution in [1.29, 1.82) is 0 Å². The fraction of sp³-hybridized carbons (Fsp3) is 0.158. The van der Waals surface area contributed by atoms with E-state index in [2.05, 4.69) is 40.7 Å². The second-order valence-corrected chi connectivity index (χ2v) is 6.73. The topological polar surface area (TPSA) is 106 Å². The van der Waals surface area contributed by atoms with Gasteiger partial charge in [0.25, 0.3) is 0 Å². The molecule has 4 heterocycles. The van der Waals surface area contributed by atoms with Gasteiger partial charge in [-0.05, 0) is 24.3 Å². The average Bonchev–Trinajstić information content (AvgIpc) is 3.17. The van der Waals surface area contributed by atoms with Gasteiger partial charge in [0.15, 0.2) is 5.82 Å². The van der Waals surface area contributed by atoms with Gasteiger partial charge in [0.1, 0.15) is 22.9 Å². The third kappa shape index (κ3) is 5.19. The van der Waals surface area contributed by atoms with E-state index in [-0.39, 0.29) is 32.0 Å². The van der Waals surface area contributed by atoms with Crippen LogP contribution in [0.4, 0.5) is 49.7 Å². The molecule has 0 fully saturated rings. The molecule has 0 atom stereocenters. The molecule has 0 saturated heterocycles. The highest BCUT2D eigenvalue weighted by molar-refractivity contribution is 5.61. The predicted octanol–water partition coefficient (Wildman–Crippen LogP) is 5.08. The first-order chi connectivity index (χ1) is 16.0. The minimum absolute atomic E-state index is 0. The van der Waals surface area contributed by atoms with Crippen molar-refractivity contribution in [3.8, 4) is 11.5 Å². The number of anilines is 4. The maximum Gasteiger partial charge on any atom is 0.433 e. The fourth-order valence-corrected chi connectivity index (χ4v) is 2.72. The van der Waals surface area contributed by atoms with E-state index in [0.717, 1.165) is 24.4 Å². The summed E-state index contributed by atoms with van der Waals surface area (Å²) in [6, 6.07) is 6.74. The number of pyridine rings is 2. The number of nitrogens with one attached hydrogen (secondary N) is 2. The van der Waals surface area contributed by atoms with E-state index >= 15 is 0 Å². The minimum atomic E-state index is -4.70. The van der Waals surface area contributed by atoms with Gasteiger partial charge < -0.3 is 10.6 Å². The number of alkyl halides is 6. The zero-order chi connectivity index (χ0) is 24.5. The molecule has 0 bridgehead atoms. The van der Waals surface area contributed by atoms with Crippen LogP contribution in [0.2, 0.25) is 0 Å². The van der Waals surface area contributed by atoms with Crippen molar-refractivity contribution >= 4 is 23.4 Å². The van der Waals surface area contributed by atoms with Crippen LogP contribution in [0.5, 0.6) is 0 Å². The summed E-state index contributed by atoms with van der Waals surface area (Å²) in [7, 11) is 1.62. The molecule has 15 heteroatoms. The van der Waals surface area contributed by atoms with Crippen LogP contribution in [0.15, 0.2) is 48.8 Å². The lowest BCUT2D eigenvalue weighted by atomic mass is 10.3. The Bertz CT molecular complexity index is 1330. The van der Waals surface area contributed by atoms with Crippen LogP contribution >= 0.6 is 0 Å². The zero-order valence-corrected chi connectivity index (χ0v) is 17.0. The van der Waals surface area contributed by atoms with Crippen molar-refractivity contribution in [3.63, 3.8) is 0 Å².